The molecule has 0 atom stereocenters. The molecular formula is C56H38N2. The van der Waals surface area contributed by atoms with Crippen LogP contribution in [0.1, 0.15) is 22.3 Å². The fourth-order valence-electron chi connectivity index (χ4n) is 8.92. The SMILES string of the molecule is c1ccc(C(=C2c3ccccc3N(c3ccccc3)c3ccc(-n4c5ccc(-c6ccccc6)cc5c5cc(-c6ccccc6)ccc54)cc32)c2ccccc2)cc1. The van der Waals surface area contributed by atoms with Crippen LogP contribution in [0.15, 0.2) is 231 Å². The third-order valence-electron chi connectivity index (χ3n) is 11.5. The van der Waals surface area contributed by atoms with Gasteiger partial charge in [-0.3, -0.25) is 0 Å². The summed E-state index contributed by atoms with van der Waals surface area (Å²) in [6.07, 6.45) is 0. The normalized spacial score (nSPS) is 12.1. The van der Waals surface area contributed by atoms with Gasteiger partial charge in [-0.25, -0.2) is 0 Å². The van der Waals surface area contributed by atoms with Gasteiger partial charge in [-0.05, 0) is 99.6 Å². The third kappa shape index (κ3) is 5.66. The van der Waals surface area contributed by atoms with Gasteiger partial charge in [-0.1, -0.05) is 170 Å². The molecule has 1 aliphatic rings. The molecule has 2 heterocycles. The number of anilines is 3. The van der Waals surface area contributed by atoms with Crippen LogP contribution in [0.4, 0.5) is 17.1 Å². The van der Waals surface area contributed by atoms with Crippen LogP contribution in [0.3, 0.4) is 0 Å². The molecule has 1 aromatic heterocycles. The first kappa shape index (κ1) is 33.6. The third-order valence-corrected chi connectivity index (χ3v) is 11.5. The zero-order chi connectivity index (χ0) is 38.4. The standard InChI is InChI=1S/C56H38N2/c1-6-18-39(19-7-1)43-30-33-52-48(36-43)49-37-44(40-20-8-2-9-21-40)31-34-53(49)58(52)46-32-35-54-50(38-46)56(55(41-22-10-3-11-23-41)42-24-12-4-13-25-42)47-28-16-17-29-51(47)57(54)45-26-14-5-15-27-45/h1-38H. The highest BCUT2D eigenvalue weighted by atomic mass is 15.2. The lowest BCUT2D eigenvalue weighted by atomic mass is 9.81. The Labute approximate surface area is 338 Å². The Bertz CT molecular complexity index is 2990. The molecule has 0 aliphatic carbocycles. The Hall–Kier alpha value is -7.68. The minimum absolute atomic E-state index is 1.11. The molecule has 0 N–H and O–H groups in total. The summed E-state index contributed by atoms with van der Waals surface area (Å²) in [5.74, 6) is 0. The fraction of sp³-hybridized carbons (Fsp3) is 0. The highest BCUT2D eigenvalue weighted by Crippen LogP contribution is 2.52. The van der Waals surface area contributed by atoms with E-state index in [1.54, 1.807) is 0 Å². The number of aromatic nitrogens is 1. The maximum atomic E-state index is 2.46. The smallest absolute Gasteiger partial charge is 0.0542 e. The van der Waals surface area contributed by atoms with Crippen LogP contribution in [0.2, 0.25) is 0 Å². The molecule has 0 amide bonds. The lowest BCUT2D eigenvalue weighted by Gasteiger charge is -2.36. The molecule has 11 rings (SSSR count). The molecule has 2 nitrogen and oxygen atoms in total. The second-order valence-electron chi connectivity index (χ2n) is 14.9. The number of nitrogens with zero attached hydrogens (tertiary/aromatic N) is 2. The van der Waals surface area contributed by atoms with Gasteiger partial charge in [0.05, 0.1) is 22.4 Å². The number of benzene rings is 9. The molecule has 0 spiro atoms. The van der Waals surface area contributed by atoms with Crippen molar-refractivity contribution >= 4 is 50.0 Å². The van der Waals surface area contributed by atoms with Crippen LogP contribution < -0.4 is 4.90 Å². The molecule has 0 radical (unpaired) electrons. The summed E-state index contributed by atoms with van der Waals surface area (Å²) in [5.41, 5.74) is 18.9. The van der Waals surface area contributed by atoms with E-state index in [2.05, 4.69) is 240 Å². The first-order valence-electron chi connectivity index (χ1n) is 19.9. The Balaban J connectivity index is 1.23. The lowest BCUT2D eigenvalue weighted by Crippen LogP contribution is -2.19. The molecule has 0 saturated heterocycles. The van der Waals surface area contributed by atoms with Gasteiger partial charge in [0.15, 0.2) is 0 Å². The van der Waals surface area contributed by atoms with E-state index in [4.69, 9.17) is 0 Å². The van der Waals surface area contributed by atoms with Gasteiger partial charge in [-0.15, -0.1) is 0 Å². The summed E-state index contributed by atoms with van der Waals surface area (Å²) >= 11 is 0. The van der Waals surface area contributed by atoms with Crippen molar-refractivity contribution < 1.29 is 0 Å². The summed E-state index contributed by atoms with van der Waals surface area (Å²) in [6, 6.07) is 83.8. The first-order chi connectivity index (χ1) is 28.8. The topological polar surface area (TPSA) is 8.17 Å². The molecule has 272 valence electrons. The van der Waals surface area contributed by atoms with E-state index in [1.165, 1.54) is 77.5 Å². The van der Waals surface area contributed by atoms with Crippen LogP contribution in [0, 0.1) is 0 Å². The predicted molar refractivity (Wildman–Crippen MR) is 244 cm³/mol. The summed E-state index contributed by atoms with van der Waals surface area (Å²) in [7, 11) is 0. The minimum Gasteiger partial charge on any atom is -0.309 e. The lowest BCUT2D eigenvalue weighted by molar-refractivity contribution is 1.16. The fourth-order valence-corrected chi connectivity index (χ4v) is 8.92. The summed E-state index contributed by atoms with van der Waals surface area (Å²) in [4.78, 5) is 2.43. The van der Waals surface area contributed by atoms with Crippen molar-refractivity contribution in [2.24, 2.45) is 0 Å². The second-order valence-corrected chi connectivity index (χ2v) is 14.9. The molecular weight excluding hydrogens is 701 g/mol. The second kappa shape index (κ2) is 14.1. The van der Waals surface area contributed by atoms with Crippen LogP contribution in [0.5, 0.6) is 0 Å². The van der Waals surface area contributed by atoms with Crippen LogP contribution in [-0.4, -0.2) is 4.57 Å². The van der Waals surface area contributed by atoms with Gasteiger partial charge in [-0.2, -0.15) is 0 Å². The van der Waals surface area contributed by atoms with Crippen LogP contribution in [0.25, 0.3) is 60.9 Å². The van der Waals surface area contributed by atoms with Crippen molar-refractivity contribution in [3.63, 3.8) is 0 Å². The highest BCUT2D eigenvalue weighted by Gasteiger charge is 2.31. The van der Waals surface area contributed by atoms with Crippen molar-refractivity contribution in [2.45, 2.75) is 0 Å². The predicted octanol–water partition coefficient (Wildman–Crippen LogP) is 14.9. The van der Waals surface area contributed by atoms with E-state index in [1.807, 2.05) is 0 Å². The molecule has 0 unspecified atom stereocenters. The van der Waals surface area contributed by atoms with Gasteiger partial charge >= 0.3 is 0 Å². The highest BCUT2D eigenvalue weighted by molar-refractivity contribution is 6.14. The van der Waals surface area contributed by atoms with Crippen molar-refractivity contribution in [3.8, 4) is 27.9 Å². The van der Waals surface area contributed by atoms with Gasteiger partial charge in [0.2, 0.25) is 0 Å². The van der Waals surface area contributed by atoms with E-state index < -0.39 is 0 Å². The first-order valence-corrected chi connectivity index (χ1v) is 19.9. The van der Waals surface area contributed by atoms with Crippen LogP contribution in [-0.2, 0) is 0 Å². The number of fused-ring (bicyclic) bond motifs is 5. The van der Waals surface area contributed by atoms with Crippen LogP contribution >= 0.6 is 0 Å². The monoisotopic (exact) mass is 738 g/mol. The molecule has 0 fully saturated rings. The van der Waals surface area contributed by atoms with Crippen molar-refractivity contribution in [2.75, 3.05) is 4.90 Å². The number of hydrogen-bond donors (Lipinski definition) is 0. The molecule has 0 saturated carbocycles. The average Bonchev–Trinajstić information content (AvgIpc) is 3.63. The zero-order valence-corrected chi connectivity index (χ0v) is 31.8. The van der Waals surface area contributed by atoms with Gasteiger partial charge in [0.25, 0.3) is 0 Å². The number of hydrogen-bond acceptors (Lipinski definition) is 1. The van der Waals surface area contributed by atoms with Crippen molar-refractivity contribution in [1.82, 2.24) is 4.57 Å². The van der Waals surface area contributed by atoms with E-state index in [0.29, 0.717) is 0 Å². The average molecular weight is 739 g/mol. The quantitative estimate of drug-likeness (QED) is 0.165. The van der Waals surface area contributed by atoms with E-state index in [9.17, 15) is 0 Å². The van der Waals surface area contributed by atoms with Crippen molar-refractivity contribution in [1.29, 1.82) is 0 Å². The number of rotatable bonds is 6. The zero-order valence-electron chi connectivity index (χ0n) is 31.8. The number of para-hydroxylation sites is 2. The van der Waals surface area contributed by atoms with E-state index in [-0.39, 0.29) is 0 Å². The molecule has 0 bridgehead atoms. The summed E-state index contributed by atoms with van der Waals surface area (Å²) < 4.78 is 2.46. The van der Waals surface area contributed by atoms with Gasteiger partial charge < -0.3 is 9.47 Å². The molecule has 58 heavy (non-hydrogen) atoms. The van der Waals surface area contributed by atoms with Gasteiger partial charge in [0, 0.05) is 38.8 Å². The Morgan fingerprint density at radius 1 is 0.310 bits per heavy atom. The molecule has 10 aromatic rings. The Kier molecular flexibility index (Phi) is 8.19. The maximum Gasteiger partial charge on any atom is 0.0542 e. The molecule has 1 aliphatic heterocycles. The summed E-state index contributed by atoms with van der Waals surface area (Å²) in [5, 5.41) is 2.46. The molecule has 2 heteroatoms. The Morgan fingerprint density at radius 2 is 0.776 bits per heavy atom. The van der Waals surface area contributed by atoms with E-state index >= 15 is 0 Å². The Morgan fingerprint density at radius 3 is 1.33 bits per heavy atom. The molecule has 9 aromatic carbocycles. The summed E-state index contributed by atoms with van der Waals surface area (Å²) in [6.45, 7) is 0. The maximum absolute atomic E-state index is 2.46. The van der Waals surface area contributed by atoms with E-state index in [0.717, 1.165) is 22.7 Å². The van der Waals surface area contributed by atoms with Gasteiger partial charge in [0.1, 0.15) is 0 Å². The minimum atomic E-state index is 1.11. The van der Waals surface area contributed by atoms with Crippen molar-refractivity contribution in [3.05, 3.63) is 253 Å². The largest absolute Gasteiger partial charge is 0.309 e.